The van der Waals surface area contributed by atoms with Crippen LogP contribution in [0.25, 0.3) is 0 Å². The van der Waals surface area contributed by atoms with Crippen molar-refractivity contribution < 1.29 is 18.4 Å². The largest absolute Gasteiger partial charge is 0.352 e. The fourth-order valence-electron chi connectivity index (χ4n) is 2.86. The quantitative estimate of drug-likeness (QED) is 0.711. The molecule has 1 aliphatic carbocycles. The number of carbonyl (C=O) groups excluding carboxylic acids is 2. The first-order valence-electron chi connectivity index (χ1n) is 8.11. The second-order valence-corrected chi connectivity index (χ2v) is 6.17. The minimum absolute atomic E-state index is 0.0693. The van der Waals surface area contributed by atoms with Gasteiger partial charge in [0.25, 0.3) is 0 Å². The Bertz CT molecular complexity index is 574. The highest BCUT2D eigenvalue weighted by Gasteiger charge is 2.38. The summed E-state index contributed by atoms with van der Waals surface area (Å²) in [5.41, 5.74) is 0.828. The van der Waals surface area contributed by atoms with Crippen LogP contribution in [-0.4, -0.2) is 37.7 Å². The van der Waals surface area contributed by atoms with Crippen molar-refractivity contribution in [1.82, 2.24) is 16.0 Å². The van der Waals surface area contributed by atoms with Gasteiger partial charge in [-0.1, -0.05) is 18.6 Å². The first kappa shape index (κ1) is 18.2. The number of urea groups is 1. The molecule has 1 saturated carbocycles. The van der Waals surface area contributed by atoms with Crippen molar-refractivity contribution in [2.24, 2.45) is 0 Å². The Morgan fingerprint density at radius 3 is 2.42 bits per heavy atom. The summed E-state index contributed by atoms with van der Waals surface area (Å²) >= 11 is 0. The van der Waals surface area contributed by atoms with E-state index in [0.29, 0.717) is 6.54 Å². The number of benzene rings is 1. The molecule has 0 bridgehead atoms. The minimum Gasteiger partial charge on any atom is -0.352 e. The third-order valence-corrected chi connectivity index (χ3v) is 4.49. The summed E-state index contributed by atoms with van der Waals surface area (Å²) in [6, 6.07) is 5.15. The van der Waals surface area contributed by atoms with Gasteiger partial charge in [-0.2, -0.15) is 0 Å². The van der Waals surface area contributed by atoms with Crippen LogP contribution in [0.4, 0.5) is 13.6 Å². The average molecular weight is 339 g/mol. The normalized spacial score (nSPS) is 16.6. The van der Waals surface area contributed by atoms with Crippen molar-refractivity contribution in [3.63, 3.8) is 0 Å². The first-order valence-corrected chi connectivity index (χ1v) is 8.11. The predicted molar refractivity (Wildman–Crippen MR) is 86.9 cm³/mol. The summed E-state index contributed by atoms with van der Waals surface area (Å²) in [4.78, 5) is 23.6. The van der Waals surface area contributed by atoms with E-state index in [2.05, 4.69) is 16.0 Å². The summed E-state index contributed by atoms with van der Waals surface area (Å²) in [6.07, 6.45) is 2.90. The Balaban J connectivity index is 1.85. The van der Waals surface area contributed by atoms with Crippen LogP contribution in [0, 0.1) is 5.82 Å². The van der Waals surface area contributed by atoms with Crippen molar-refractivity contribution in [1.29, 1.82) is 0 Å². The fraction of sp³-hybridized carbons (Fsp3) is 0.529. The van der Waals surface area contributed by atoms with Gasteiger partial charge in [-0.25, -0.2) is 13.6 Å². The van der Waals surface area contributed by atoms with Crippen molar-refractivity contribution in [3.05, 3.63) is 35.6 Å². The molecule has 0 spiro atoms. The van der Waals surface area contributed by atoms with Crippen molar-refractivity contribution in [2.75, 3.05) is 19.8 Å². The maximum Gasteiger partial charge on any atom is 0.315 e. The minimum atomic E-state index is -0.750. The van der Waals surface area contributed by atoms with E-state index < -0.39 is 24.7 Å². The van der Waals surface area contributed by atoms with Crippen LogP contribution in [0.3, 0.4) is 0 Å². The monoisotopic (exact) mass is 339 g/mol. The van der Waals surface area contributed by atoms with Crippen molar-refractivity contribution in [2.45, 2.75) is 37.6 Å². The molecule has 0 saturated heterocycles. The molecule has 0 heterocycles. The lowest BCUT2D eigenvalue weighted by Crippen LogP contribution is -2.52. The van der Waals surface area contributed by atoms with E-state index in [4.69, 9.17) is 0 Å². The molecule has 0 unspecified atom stereocenters. The molecular formula is C17H23F2N3O2. The predicted octanol–water partition coefficient (Wildman–Crippen LogP) is 2.02. The SMILES string of the molecule is C[C@H](NC(=O)NCC1(c2ccc(F)cc2)CCC1)C(=O)NCCF. The zero-order valence-corrected chi connectivity index (χ0v) is 13.7. The molecule has 1 atom stereocenters. The van der Waals surface area contributed by atoms with Gasteiger partial charge >= 0.3 is 6.03 Å². The molecule has 132 valence electrons. The molecule has 3 amide bonds. The lowest BCUT2D eigenvalue weighted by Gasteiger charge is -2.42. The van der Waals surface area contributed by atoms with Crippen LogP contribution in [0.2, 0.25) is 0 Å². The van der Waals surface area contributed by atoms with E-state index in [1.54, 1.807) is 12.1 Å². The van der Waals surface area contributed by atoms with E-state index >= 15 is 0 Å². The van der Waals surface area contributed by atoms with Crippen LogP contribution >= 0.6 is 0 Å². The Labute approximate surface area is 140 Å². The van der Waals surface area contributed by atoms with Gasteiger partial charge in [0.1, 0.15) is 18.5 Å². The standard InChI is InChI=1S/C17H23F2N3O2/c1-12(15(23)20-10-9-18)22-16(24)21-11-17(7-2-8-17)13-3-5-14(19)6-4-13/h3-6,12H,2,7-11H2,1H3,(H,20,23)(H2,21,22,24)/t12-/m0/s1. The third-order valence-electron chi connectivity index (χ3n) is 4.49. The molecule has 0 radical (unpaired) electrons. The topological polar surface area (TPSA) is 70.2 Å². The Morgan fingerprint density at radius 1 is 1.21 bits per heavy atom. The molecule has 1 fully saturated rings. The maximum atomic E-state index is 13.1. The van der Waals surface area contributed by atoms with Gasteiger partial charge in [-0.05, 0) is 37.5 Å². The molecule has 1 aromatic carbocycles. The molecule has 1 aromatic rings. The number of rotatable bonds is 7. The van der Waals surface area contributed by atoms with Gasteiger partial charge in [-0.15, -0.1) is 0 Å². The molecule has 7 heteroatoms. The summed E-state index contributed by atoms with van der Waals surface area (Å²) in [7, 11) is 0. The van der Waals surface area contributed by atoms with Crippen LogP contribution in [0.15, 0.2) is 24.3 Å². The van der Waals surface area contributed by atoms with Crippen LogP contribution in [0.5, 0.6) is 0 Å². The second kappa shape index (κ2) is 8.08. The zero-order chi connectivity index (χ0) is 17.6. The van der Waals surface area contributed by atoms with Crippen LogP contribution < -0.4 is 16.0 Å². The summed E-state index contributed by atoms with van der Waals surface area (Å²) < 4.78 is 25.1. The Kier molecular flexibility index (Phi) is 6.11. The lowest BCUT2D eigenvalue weighted by atomic mass is 9.64. The number of nitrogens with one attached hydrogen (secondary N) is 3. The zero-order valence-electron chi connectivity index (χ0n) is 13.7. The van der Waals surface area contributed by atoms with Crippen molar-refractivity contribution in [3.8, 4) is 0 Å². The van der Waals surface area contributed by atoms with E-state index in [-0.39, 0.29) is 17.8 Å². The van der Waals surface area contributed by atoms with E-state index in [1.807, 2.05) is 0 Å². The molecular weight excluding hydrogens is 316 g/mol. The van der Waals surface area contributed by atoms with Crippen LogP contribution in [0.1, 0.15) is 31.7 Å². The highest BCUT2D eigenvalue weighted by Crippen LogP contribution is 2.43. The number of amides is 3. The maximum absolute atomic E-state index is 13.1. The van der Waals surface area contributed by atoms with Gasteiger partial charge in [-0.3, -0.25) is 4.79 Å². The lowest BCUT2D eigenvalue weighted by molar-refractivity contribution is -0.122. The average Bonchev–Trinajstić information content (AvgIpc) is 2.53. The van der Waals surface area contributed by atoms with Crippen LogP contribution in [-0.2, 0) is 10.2 Å². The van der Waals surface area contributed by atoms with Gasteiger partial charge in [0.2, 0.25) is 5.91 Å². The van der Waals surface area contributed by atoms with Gasteiger partial charge in [0.15, 0.2) is 0 Å². The van der Waals surface area contributed by atoms with E-state index in [1.165, 1.54) is 19.1 Å². The number of halogens is 2. The first-order chi connectivity index (χ1) is 11.5. The van der Waals surface area contributed by atoms with E-state index in [9.17, 15) is 18.4 Å². The van der Waals surface area contributed by atoms with Crippen molar-refractivity contribution >= 4 is 11.9 Å². The smallest absolute Gasteiger partial charge is 0.315 e. The number of hydrogen-bond acceptors (Lipinski definition) is 2. The second-order valence-electron chi connectivity index (χ2n) is 6.17. The molecule has 0 aromatic heterocycles. The molecule has 0 aliphatic heterocycles. The summed E-state index contributed by atoms with van der Waals surface area (Å²) in [6.45, 7) is 1.24. The van der Waals surface area contributed by atoms with Gasteiger partial charge in [0.05, 0.1) is 0 Å². The molecule has 24 heavy (non-hydrogen) atoms. The Morgan fingerprint density at radius 2 is 1.88 bits per heavy atom. The Hall–Kier alpha value is -2.18. The fourth-order valence-corrected chi connectivity index (χ4v) is 2.86. The van der Waals surface area contributed by atoms with Gasteiger partial charge in [0, 0.05) is 18.5 Å². The molecule has 2 rings (SSSR count). The number of hydrogen-bond donors (Lipinski definition) is 3. The summed E-state index contributed by atoms with van der Waals surface area (Å²) in [5.74, 6) is -0.716. The van der Waals surface area contributed by atoms with E-state index in [0.717, 1.165) is 24.8 Å². The highest BCUT2D eigenvalue weighted by atomic mass is 19.1. The number of carbonyl (C=O) groups is 2. The molecule has 1 aliphatic rings. The highest BCUT2D eigenvalue weighted by molar-refractivity contribution is 5.86. The third kappa shape index (κ3) is 4.43. The molecule has 5 nitrogen and oxygen atoms in total. The molecule has 3 N–H and O–H groups in total. The number of alkyl halides is 1. The van der Waals surface area contributed by atoms with Gasteiger partial charge < -0.3 is 16.0 Å². The summed E-state index contributed by atoms with van der Waals surface area (Å²) in [5, 5.41) is 7.68.